The van der Waals surface area contributed by atoms with Crippen molar-refractivity contribution < 1.29 is 9.53 Å². The molecule has 2 N–H and O–H groups in total. The van der Waals surface area contributed by atoms with Crippen molar-refractivity contribution in [3.63, 3.8) is 0 Å². The summed E-state index contributed by atoms with van der Waals surface area (Å²) in [5.74, 6) is -0.0601. The number of ether oxygens (including phenoxy) is 1. The highest BCUT2D eigenvalue weighted by Gasteiger charge is 2.24. The Hall–Kier alpha value is -0.600. The number of nitrogens with two attached hydrogens (primary N) is 1. The Morgan fingerprint density at radius 3 is 2.70 bits per heavy atom. The topological polar surface area (TPSA) is 52.3 Å². The third-order valence-electron chi connectivity index (χ3n) is 2.85. The number of carbonyl (C=O) groups is 1. The van der Waals surface area contributed by atoms with Gasteiger partial charge in [-0.15, -0.1) is 22.7 Å². The van der Waals surface area contributed by atoms with Gasteiger partial charge in [-0.3, -0.25) is 0 Å². The number of hydrogen-bond acceptors (Lipinski definition) is 5. The molecule has 6 heteroatoms. The summed E-state index contributed by atoms with van der Waals surface area (Å²) >= 11 is 5.42. The lowest BCUT2D eigenvalue weighted by Gasteiger charge is -2.07. The highest BCUT2D eigenvalue weighted by Crippen LogP contribution is 2.44. The van der Waals surface area contributed by atoms with Crippen LogP contribution in [0.25, 0.3) is 10.4 Å². The quantitative estimate of drug-likeness (QED) is 0.561. The summed E-state index contributed by atoms with van der Waals surface area (Å²) in [6, 6.07) is 2.12. The molecule has 0 aliphatic rings. The highest BCUT2D eigenvalue weighted by molar-refractivity contribution is 14.1. The molecule has 3 nitrogen and oxygen atoms in total. The monoisotopic (exact) mass is 421 g/mol. The largest absolute Gasteiger partial charge is 0.462 e. The van der Waals surface area contributed by atoms with Gasteiger partial charge in [0, 0.05) is 15.8 Å². The van der Waals surface area contributed by atoms with Crippen LogP contribution in [0.4, 0.5) is 5.69 Å². The second-order valence-corrected chi connectivity index (χ2v) is 8.43. The summed E-state index contributed by atoms with van der Waals surface area (Å²) in [4.78, 5) is 13.6. The van der Waals surface area contributed by atoms with Crippen molar-refractivity contribution in [1.82, 2.24) is 0 Å². The fraction of sp³-hybridized carbons (Fsp3) is 0.357. The van der Waals surface area contributed by atoms with Crippen molar-refractivity contribution >= 4 is 56.9 Å². The van der Waals surface area contributed by atoms with E-state index < -0.39 is 0 Å². The average Bonchev–Trinajstić information content (AvgIpc) is 2.93. The van der Waals surface area contributed by atoms with Gasteiger partial charge in [-0.05, 0) is 47.1 Å². The van der Waals surface area contributed by atoms with E-state index in [0.29, 0.717) is 17.2 Å². The zero-order chi connectivity index (χ0) is 14.9. The van der Waals surface area contributed by atoms with Crippen molar-refractivity contribution in [3.8, 4) is 10.4 Å². The van der Waals surface area contributed by atoms with Crippen LogP contribution in [0.5, 0.6) is 0 Å². The molecule has 0 bridgehead atoms. The third kappa shape index (κ3) is 3.01. The molecule has 0 radical (unpaired) electrons. The first-order valence-corrected chi connectivity index (χ1v) is 9.06. The van der Waals surface area contributed by atoms with E-state index in [0.717, 1.165) is 16.0 Å². The van der Waals surface area contributed by atoms with Gasteiger partial charge < -0.3 is 10.5 Å². The summed E-state index contributed by atoms with van der Waals surface area (Å²) in [5, 5.41) is 2.11. The molecule has 0 aliphatic carbocycles. The molecule has 0 atom stereocenters. The van der Waals surface area contributed by atoms with Gasteiger partial charge in [0.15, 0.2) is 0 Å². The van der Waals surface area contributed by atoms with Crippen LogP contribution in [0.2, 0.25) is 0 Å². The number of halogens is 1. The minimum absolute atomic E-state index is 0.266. The standard InChI is InChI=1S/C14H16INO2S2/c1-4-18-14(17)13-11(16)10(7(2)3)12(20-13)8-5-9(15)19-6-8/h5-7H,4,16H2,1-3H3. The molecule has 20 heavy (non-hydrogen) atoms. The molecular weight excluding hydrogens is 405 g/mol. The number of carbonyl (C=O) groups excluding carboxylic acids is 1. The number of hydrogen-bond donors (Lipinski definition) is 1. The Kier molecular flexibility index (Phi) is 5.09. The van der Waals surface area contributed by atoms with Crippen molar-refractivity contribution in [3.05, 3.63) is 24.8 Å². The Morgan fingerprint density at radius 1 is 1.50 bits per heavy atom. The zero-order valence-corrected chi connectivity index (χ0v) is 15.3. The molecule has 0 aromatic carbocycles. The first kappa shape index (κ1) is 15.8. The lowest BCUT2D eigenvalue weighted by molar-refractivity contribution is 0.0533. The maximum atomic E-state index is 12.0. The number of nitrogen functional groups attached to an aromatic ring is 1. The first-order valence-electron chi connectivity index (χ1n) is 6.29. The molecule has 0 fully saturated rings. The van der Waals surface area contributed by atoms with Crippen LogP contribution < -0.4 is 5.73 Å². The van der Waals surface area contributed by atoms with Gasteiger partial charge in [0.25, 0.3) is 0 Å². The first-order chi connectivity index (χ1) is 9.45. The molecule has 0 saturated heterocycles. The van der Waals surface area contributed by atoms with E-state index in [9.17, 15) is 4.79 Å². The van der Waals surface area contributed by atoms with Gasteiger partial charge in [-0.1, -0.05) is 13.8 Å². The van der Waals surface area contributed by atoms with Crippen molar-refractivity contribution in [2.75, 3.05) is 12.3 Å². The van der Waals surface area contributed by atoms with Crippen molar-refractivity contribution in [2.24, 2.45) is 0 Å². The third-order valence-corrected chi connectivity index (χ3v) is 5.89. The second kappa shape index (κ2) is 6.44. The SMILES string of the molecule is CCOC(=O)c1sc(-c2csc(I)c2)c(C(C)C)c1N. The van der Waals surface area contributed by atoms with Crippen molar-refractivity contribution in [2.45, 2.75) is 26.7 Å². The molecule has 0 unspecified atom stereocenters. The molecule has 108 valence electrons. The summed E-state index contributed by atoms with van der Waals surface area (Å²) in [6.07, 6.45) is 0. The molecule has 0 amide bonds. The molecule has 0 aliphatic heterocycles. The predicted molar refractivity (Wildman–Crippen MR) is 94.8 cm³/mol. The van der Waals surface area contributed by atoms with Crippen LogP contribution in [-0.4, -0.2) is 12.6 Å². The smallest absolute Gasteiger partial charge is 0.350 e. The van der Waals surface area contributed by atoms with E-state index in [2.05, 4.69) is 47.9 Å². The van der Waals surface area contributed by atoms with E-state index in [1.54, 1.807) is 18.3 Å². The number of anilines is 1. The Balaban J connectivity index is 2.56. The Bertz CT molecular complexity index is 631. The van der Waals surface area contributed by atoms with Gasteiger partial charge in [0.1, 0.15) is 4.88 Å². The van der Waals surface area contributed by atoms with E-state index in [-0.39, 0.29) is 11.9 Å². The van der Waals surface area contributed by atoms with E-state index in [1.807, 2.05) is 0 Å². The minimum Gasteiger partial charge on any atom is -0.462 e. The number of thiophene rings is 2. The molecule has 2 rings (SSSR count). The van der Waals surface area contributed by atoms with Crippen LogP contribution in [0.15, 0.2) is 11.4 Å². The Labute approximate surface area is 140 Å². The molecule has 2 heterocycles. The summed E-state index contributed by atoms with van der Waals surface area (Å²) < 4.78 is 6.31. The zero-order valence-electron chi connectivity index (χ0n) is 11.5. The second-order valence-electron chi connectivity index (χ2n) is 4.60. The summed E-state index contributed by atoms with van der Waals surface area (Å²) in [7, 11) is 0. The highest BCUT2D eigenvalue weighted by atomic mass is 127. The van der Waals surface area contributed by atoms with Crippen LogP contribution in [-0.2, 0) is 4.74 Å². The lowest BCUT2D eigenvalue weighted by Crippen LogP contribution is -2.06. The van der Waals surface area contributed by atoms with Gasteiger partial charge in [0.05, 0.1) is 15.2 Å². The maximum absolute atomic E-state index is 12.0. The lowest BCUT2D eigenvalue weighted by atomic mass is 9.99. The minimum atomic E-state index is -0.326. The molecule has 0 spiro atoms. The predicted octanol–water partition coefficient (Wildman–Crippen LogP) is 4.96. The van der Waals surface area contributed by atoms with Crippen LogP contribution in [0, 0.1) is 2.88 Å². The van der Waals surface area contributed by atoms with Crippen LogP contribution in [0.1, 0.15) is 41.9 Å². The van der Waals surface area contributed by atoms with Gasteiger partial charge in [-0.25, -0.2) is 4.79 Å². The van der Waals surface area contributed by atoms with Gasteiger partial charge in [-0.2, -0.15) is 0 Å². The number of esters is 1. The normalized spacial score (nSPS) is 11.1. The molecule has 2 aromatic heterocycles. The van der Waals surface area contributed by atoms with E-state index in [1.165, 1.54) is 14.2 Å². The molecule has 0 saturated carbocycles. The van der Waals surface area contributed by atoms with Gasteiger partial charge >= 0.3 is 5.97 Å². The molecule has 2 aromatic rings. The molecular formula is C14H16INO2S2. The summed E-state index contributed by atoms with van der Waals surface area (Å²) in [6.45, 7) is 6.34. The fourth-order valence-electron chi connectivity index (χ4n) is 2.02. The van der Waals surface area contributed by atoms with Crippen LogP contribution in [0.3, 0.4) is 0 Å². The van der Waals surface area contributed by atoms with E-state index >= 15 is 0 Å². The van der Waals surface area contributed by atoms with Crippen molar-refractivity contribution in [1.29, 1.82) is 0 Å². The maximum Gasteiger partial charge on any atom is 0.350 e. The van der Waals surface area contributed by atoms with Gasteiger partial charge in [0.2, 0.25) is 0 Å². The number of rotatable bonds is 4. The van der Waals surface area contributed by atoms with E-state index in [4.69, 9.17) is 10.5 Å². The Morgan fingerprint density at radius 2 is 2.20 bits per heavy atom. The average molecular weight is 421 g/mol. The fourth-order valence-corrected chi connectivity index (χ4v) is 4.69. The summed E-state index contributed by atoms with van der Waals surface area (Å²) in [5.41, 5.74) is 8.94. The van der Waals surface area contributed by atoms with Crippen LogP contribution >= 0.6 is 45.3 Å².